The second-order valence-electron chi connectivity index (χ2n) is 1.95. The molecular formula is C7H8N2OS. The van der Waals surface area contributed by atoms with Gasteiger partial charge in [-0.3, -0.25) is 0 Å². The first kappa shape index (κ1) is 8.15. The number of hydrogen-bond acceptors (Lipinski definition) is 4. The topological polar surface area (TPSA) is 45.4 Å². The fraction of sp³-hybridized carbons (Fsp3) is 0.429. The van der Waals surface area contributed by atoms with Gasteiger partial charge in [-0.1, -0.05) is 18.3 Å². The zero-order valence-electron chi connectivity index (χ0n) is 5.99. The molecule has 1 heterocycles. The Bertz CT molecular complexity index is 219. The molecule has 1 rings (SSSR count). The highest BCUT2D eigenvalue weighted by molar-refractivity contribution is 8.13. The highest BCUT2D eigenvalue weighted by Gasteiger charge is 2.15. The zero-order chi connectivity index (χ0) is 8.10. The van der Waals surface area contributed by atoms with Crippen LogP contribution in [0.5, 0.6) is 0 Å². The number of thioether (sulfide) groups is 1. The van der Waals surface area contributed by atoms with E-state index in [1.165, 1.54) is 11.8 Å². The molecule has 3 nitrogen and oxygen atoms in total. The molecule has 0 aliphatic carbocycles. The summed E-state index contributed by atoms with van der Waals surface area (Å²) in [5.74, 6) is 0.392. The van der Waals surface area contributed by atoms with E-state index in [9.17, 15) is 0 Å². The zero-order valence-corrected chi connectivity index (χ0v) is 6.80. The van der Waals surface area contributed by atoms with Gasteiger partial charge in [-0.2, -0.15) is 5.26 Å². The summed E-state index contributed by atoms with van der Waals surface area (Å²) in [5, 5.41) is 8.86. The number of aliphatic imine (C=N–C) groups is 1. The van der Waals surface area contributed by atoms with E-state index in [-0.39, 0.29) is 6.10 Å². The van der Waals surface area contributed by atoms with Crippen molar-refractivity contribution in [2.45, 2.75) is 6.10 Å². The van der Waals surface area contributed by atoms with Gasteiger partial charge in [-0.15, -0.1) is 0 Å². The van der Waals surface area contributed by atoms with Crippen LogP contribution in [0, 0.1) is 11.3 Å². The summed E-state index contributed by atoms with van der Waals surface area (Å²) >= 11 is 1.32. The molecule has 0 saturated heterocycles. The van der Waals surface area contributed by atoms with Crippen molar-refractivity contribution in [1.82, 2.24) is 0 Å². The van der Waals surface area contributed by atoms with Crippen LogP contribution in [0.25, 0.3) is 0 Å². The van der Waals surface area contributed by atoms with Crippen molar-refractivity contribution in [3.05, 3.63) is 12.7 Å². The summed E-state index contributed by atoms with van der Waals surface area (Å²) in [5.41, 5.74) is 0. The van der Waals surface area contributed by atoms with Gasteiger partial charge >= 0.3 is 0 Å². The molecular weight excluding hydrogens is 160 g/mol. The molecule has 1 aliphatic rings. The Morgan fingerprint density at radius 1 is 2.00 bits per heavy atom. The van der Waals surface area contributed by atoms with E-state index in [1.54, 1.807) is 6.08 Å². The summed E-state index contributed by atoms with van der Waals surface area (Å²) in [6, 6.07) is 2.00. The standard InChI is InChI=1S/C7H8N2OS/c1-2-6-5-9-7(10-6)11-4-3-8/h2,6H,1,4-5H2/t6-/m1/s1. The number of nitriles is 1. The van der Waals surface area contributed by atoms with E-state index in [2.05, 4.69) is 11.6 Å². The van der Waals surface area contributed by atoms with Crippen molar-refractivity contribution in [2.75, 3.05) is 12.3 Å². The predicted molar refractivity (Wildman–Crippen MR) is 45.4 cm³/mol. The van der Waals surface area contributed by atoms with Crippen molar-refractivity contribution in [3.63, 3.8) is 0 Å². The molecule has 0 fully saturated rings. The number of hydrogen-bond donors (Lipinski definition) is 0. The Kier molecular flexibility index (Phi) is 2.99. The molecule has 58 valence electrons. The minimum Gasteiger partial charge on any atom is -0.464 e. The van der Waals surface area contributed by atoms with Crippen molar-refractivity contribution < 1.29 is 4.74 Å². The smallest absolute Gasteiger partial charge is 0.247 e. The molecule has 0 amide bonds. The molecule has 0 unspecified atom stereocenters. The normalized spacial score (nSPS) is 21.7. The van der Waals surface area contributed by atoms with Crippen molar-refractivity contribution in [1.29, 1.82) is 5.26 Å². The largest absolute Gasteiger partial charge is 0.464 e. The minimum atomic E-state index is 0.0104. The minimum absolute atomic E-state index is 0.0104. The van der Waals surface area contributed by atoms with Crippen LogP contribution >= 0.6 is 11.8 Å². The van der Waals surface area contributed by atoms with Crippen LogP contribution in [0.1, 0.15) is 0 Å². The molecule has 4 heteroatoms. The summed E-state index contributed by atoms with van der Waals surface area (Å²) in [7, 11) is 0. The van der Waals surface area contributed by atoms with Crippen molar-refractivity contribution in [2.24, 2.45) is 4.99 Å². The van der Waals surface area contributed by atoms with Gasteiger partial charge in [0.2, 0.25) is 5.23 Å². The maximum atomic E-state index is 8.25. The Morgan fingerprint density at radius 3 is 3.36 bits per heavy atom. The third-order valence-corrected chi connectivity index (χ3v) is 1.92. The molecule has 0 aromatic heterocycles. The number of ether oxygens (including phenoxy) is 1. The first-order valence-electron chi connectivity index (χ1n) is 3.20. The van der Waals surface area contributed by atoms with Gasteiger partial charge in [0, 0.05) is 0 Å². The highest BCUT2D eigenvalue weighted by Crippen LogP contribution is 2.14. The number of nitrogens with zero attached hydrogens (tertiary/aromatic N) is 2. The predicted octanol–water partition coefficient (Wildman–Crippen LogP) is 1.18. The van der Waals surface area contributed by atoms with E-state index >= 15 is 0 Å². The average Bonchev–Trinajstić information content (AvgIpc) is 2.48. The average molecular weight is 168 g/mol. The third-order valence-electron chi connectivity index (χ3n) is 1.18. The van der Waals surface area contributed by atoms with Crippen LogP contribution in [0.2, 0.25) is 0 Å². The molecule has 0 spiro atoms. The van der Waals surface area contributed by atoms with Crippen LogP contribution in [0.4, 0.5) is 0 Å². The molecule has 1 atom stereocenters. The molecule has 0 aromatic rings. The third kappa shape index (κ3) is 2.28. The lowest BCUT2D eigenvalue weighted by Gasteiger charge is -2.02. The van der Waals surface area contributed by atoms with Crippen LogP contribution in [-0.2, 0) is 4.74 Å². The van der Waals surface area contributed by atoms with Crippen LogP contribution in [-0.4, -0.2) is 23.6 Å². The summed E-state index contributed by atoms with van der Waals surface area (Å²) in [4.78, 5) is 4.06. The van der Waals surface area contributed by atoms with Gasteiger partial charge in [0.25, 0.3) is 0 Å². The SMILES string of the molecule is C=C[C@@H]1CN=C(SCC#N)O1. The lowest BCUT2D eigenvalue weighted by atomic mass is 10.4. The van der Waals surface area contributed by atoms with Gasteiger partial charge in [0.05, 0.1) is 18.4 Å². The lowest BCUT2D eigenvalue weighted by molar-refractivity contribution is 0.282. The van der Waals surface area contributed by atoms with E-state index < -0.39 is 0 Å². The molecule has 0 saturated carbocycles. The quantitative estimate of drug-likeness (QED) is 0.582. The Hall–Kier alpha value is -0.950. The van der Waals surface area contributed by atoms with Crippen molar-refractivity contribution >= 4 is 17.0 Å². The highest BCUT2D eigenvalue weighted by atomic mass is 32.2. The Balaban J connectivity index is 2.29. The van der Waals surface area contributed by atoms with Gasteiger partial charge < -0.3 is 4.74 Å². The van der Waals surface area contributed by atoms with Gasteiger partial charge in [-0.25, -0.2) is 4.99 Å². The first-order valence-corrected chi connectivity index (χ1v) is 4.19. The second kappa shape index (κ2) is 4.04. The monoisotopic (exact) mass is 168 g/mol. The number of rotatable bonds is 2. The Morgan fingerprint density at radius 2 is 2.82 bits per heavy atom. The summed E-state index contributed by atoms with van der Waals surface area (Å²) in [6.07, 6.45) is 1.72. The fourth-order valence-electron chi connectivity index (χ4n) is 0.665. The molecule has 0 N–H and O–H groups in total. The lowest BCUT2D eigenvalue weighted by Crippen LogP contribution is -2.07. The van der Waals surface area contributed by atoms with Gasteiger partial charge in [0.15, 0.2) is 0 Å². The van der Waals surface area contributed by atoms with Gasteiger partial charge in [-0.05, 0) is 6.08 Å². The van der Waals surface area contributed by atoms with E-state index in [0.717, 1.165) is 0 Å². The van der Waals surface area contributed by atoms with E-state index in [4.69, 9.17) is 10.00 Å². The van der Waals surface area contributed by atoms with E-state index in [1.807, 2.05) is 6.07 Å². The maximum Gasteiger partial charge on any atom is 0.247 e. The molecule has 0 aromatic carbocycles. The van der Waals surface area contributed by atoms with Crippen LogP contribution in [0.3, 0.4) is 0 Å². The molecule has 11 heavy (non-hydrogen) atoms. The summed E-state index contributed by atoms with van der Waals surface area (Å²) < 4.78 is 5.26. The van der Waals surface area contributed by atoms with E-state index in [0.29, 0.717) is 17.5 Å². The first-order chi connectivity index (χ1) is 5.36. The van der Waals surface area contributed by atoms with Crippen molar-refractivity contribution in [3.8, 4) is 6.07 Å². The van der Waals surface area contributed by atoms with Crippen LogP contribution < -0.4 is 0 Å². The fourth-order valence-corrected chi connectivity index (χ4v) is 1.21. The van der Waals surface area contributed by atoms with Crippen LogP contribution in [0.15, 0.2) is 17.6 Å². The Labute approximate surface area is 69.8 Å². The summed E-state index contributed by atoms with van der Waals surface area (Å²) in [6.45, 7) is 4.22. The molecule has 0 bridgehead atoms. The second-order valence-corrected chi connectivity index (χ2v) is 2.87. The van der Waals surface area contributed by atoms with Gasteiger partial charge in [0.1, 0.15) is 6.10 Å². The molecule has 1 aliphatic heterocycles. The molecule has 0 radical (unpaired) electrons. The maximum absolute atomic E-state index is 8.25.